The number of hydrogen-bond donors (Lipinski definition) is 2. The quantitative estimate of drug-likeness (QED) is 0.820. The summed E-state index contributed by atoms with van der Waals surface area (Å²) in [5.74, 6) is 1.05. The van der Waals surface area contributed by atoms with Crippen molar-refractivity contribution >= 4 is 24.2 Å². The second-order valence-corrected chi connectivity index (χ2v) is 7.11. The Morgan fingerprint density at radius 1 is 1.23 bits per heavy atom. The van der Waals surface area contributed by atoms with Gasteiger partial charge in [0.15, 0.2) is 0 Å². The number of likely N-dealkylation sites (N-methyl/N-ethyl adjacent to an activating group) is 1. The predicted molar refractivity (Wildman–Crippen MR) is 89.7 cm³/mol. The zero-order valence-corrected chi connectivity index (χ0v) is 14.7. The average molecular weight is 332 g/mol. The van der Waals surface area contributed by atoms with Crippen LogP contribution in [0.25, 0.3) is 0 Å². The van der Waals surface area contributed by atoms with E-state index in [9.17, 15) is 9.59 Å². The lowest BCUT2D eigenvalue weighted by atomic mass is 9.65. The number of carbonyl (C=O) groups is 2. The smallest absolute Gasteiger partial charge is 0.239 e. The lowest BCUT2D eigenvalue weighted by molar-refractivity contribution is -0.140. The van der Waals surface area contributed by atoms with Crippen molar-refractivity contribution < 1.29 is 9.59 Å². The lowest BCUT2D eigenvalue weighted by Gasteiger charge is -2.44. The van der Waals surface area contributed by atoms with E-state index in [1.54, 1.807) is 11.9 Å². The van der Waals surface area contributed by atoms with Gasteiger partial charge in [0.05, 0.1) is 6.54 Å². The van der Waals surface area contributed by atoms with E-state index >= 15 is 0 Å². The Hall–Kier alpha value is -0.810. The van der Waals surface area contributed by atoms with E-state index in [2.05, 4.69) is 5.32 Å². The van der Waals surface area contributed by atoms with Crippen LogP contribution in [-0.4, -0.2) is 42.4 Å². The Balaban J connectivity index is 0.00000242. The second kappa shape index (κ2) is 8.16. The van der Waals surface area contributed by atoms with Crippen LogP contribution >= 0.6 is 12.4 Å². The summed E-state index contributed by atoms with van der Waals surface area (Å²) < 4.78 is 0. The highest BCUT2D eigenvalue weighted by molar-refractivity contribution is 5.86. The zero-order chi connectivity index (χ0) is 15.6. The summed E-state index contributed by atoms with van der Waals surface area (Å²) in [6.45, 7) is 3.99. The highest BCUT2D eigenvalue weighted by atomic mass is 35.5. The summed E-state index contributed by atoms with van der Waals surface area (Å²) in [6, 6.07) is 0.380. The minimum Gasteiger partial charge on any atom is -0.352 e. The molecule has 2 fully saturated rings. The molecule has 2 rings (SSSR count). The molecule has 2 atom stereocenters. The predicted octanol–water partition coefficient (Wildman–Crippen LogP) is 1.54. The maximum absolute atomic E-state index is 12.6. The van der Waals surface area contributed by atoms with E-state index in [4.69, 9.17) is 5.73 Å². The Labute approximate surface area is 139 Å². The molecule has 2 amide bonds. The summed E-state index contributed by atoms with van der Waals surface area (Å²) >= 11 is 0. The van der Waals surface area contributed by atoms with Crippen LogP contribution in [0.2, 0.25) is 0 Å². The molecule has 0 aromatic heterocycles. The van der Waals surface area contributed by atoms with Crippen LogP contribution in [0.4, 0.5) is 0 Å². The lowest BCUT2D eigenvalue weighted by Crippen LogP contribution is -2.50. The van der Waals surface area contributed by atoms with Gasteiger partial charge in [-0.05, 0) is 51.4 Å². The van der Waals surface area contributed by atoms with Crippen LogP contribution in [0.1, 0.15) is 46.0 Å². The van der Waals surface area contributed by atoms with Gasteiger partial charge < -0.3 is 16.0 Å². The molecule has 0 aliphatic heterocycles. The van der Waals surface area contributed by atoms with Crippen molar-refractivity contribution in [3.63, 3.8) is 0 Å². The Bertz CT molecular complexity index is 389. The summed E-state index contributed by atoms with van der Waals surface area (Å²) in [4.78, 5) is 25.9. The summed E-state index contributed by atoms with van der Waals surface area (Å²) in [5.41, 5.74) is 6.27. The molecular formula is C16H30ClN3O2. The first-order valence-electron chi connectivity index (χ1n) is 8.18. The van der Waals surface area contributed by atoms with Gasteiger partial charge in [-0.1, -0.05) is 6.42 Å². The number of hydrogen-bond acceptors (Lipinski definition) is 3. The SMILES string of the molecule is CC(C)NC(=O)CN(C)C(=O)C1CC2CCCC(C1)C2N.Cl. The van der Waals surface area contributed by atoms with Crippen LogP contribution in [0.15, 0.2) is 0 Å². The summed E-state index contributed by atoms with van der Waals surface area (Å²) in [6.07, 6.45) is 5.34. The summed E-state index contributed by atoms with van der Waals surface area (Å²) in [7, 11) is 1.73. The first kappa shape index (κ1) is 19.2. The molecule has 128 valence electrons. The fraction of sp³-hybridized carbons (Fsp3) is 0.875. The molecule has 0 aromatic carbocycles. The highest BCUT2D eigenvalue weighted by Gasteiger charge is 2.41. The van der Waals surface area contributed by atoms with Gasteiger partial charge in [0.1, 0.15) is 0 Å². The molecule has 2 bridgehead atoms. The molecule has 0 aromatic rings. The van der Waals surface area contributed by atoms with Gasteiger partial charge in [-0.2, -0.15) is 0 Å². The maximum Gasteiger partial charge on any atom is 0.239 e. The third-order valence-corrected chi connectivity index (χ3v) is 4.97. The number of nitrogens with one attached hydrogen (secondary N) is 1. The molecule has 0 saturated heterocycles. The van der Waals surface area contributed by atoms with Gasteiger partial charge in [-0.25, -0.2) is 0 Å². The first-order chi connectivity index (χ1) is 9.88. The molecule has 2 unspecified atom stereocenters. The monoisotopic (exact) mass is 331 g/mol. The Morgan fingerprint density at radius 2 is 1.77 bits per heavy atom. The van der Waals surface area contributed by atoms with Gasteiger partial charge in [0, 0.05) is 25.0 Å². The fourth-order valence-electron chi connectivity index (χ4n) is 3.96. The molecule has 3 N–H and O–H groups in total. The molecule has 2 aliphatic carbocycles. The highest BCUT2D eigenvalue weighted by Crippen LogP contribution is 2.42. The minimum absolute atomic E-state index is 0. The van der Waals surface area contributed by atoms with Crippen LogP contribution in [0.3, 0.4) is 0 Å². The van der Waals surface area contributed by atoms with E-state index in [1.807, 2.05) is 13.8 Å². The topological polar surface area (TPSA) is 75.4 Å². The molecule has 0 spiro atoms. The van der Waals surface area contributed by atoms with Gasteiger partial charge in [-0.3, -0.25) is 9.59 Å². The maximum atomic E-state index is 12.6. The van der Waals surface area contributed by atoms with Crippen molar-refractivity contribution in [3.05, 3.63) is 0 Å². The van der Waals surface area contributed by atoms with E-state index in [1.165, 1.54) is 6.42 Å². The van der Waals surface area contributed by atoms with Gasteiger partial charge >= 0.3 is 0 Å². The number of nitrogens with zero attached hydrogens (tertiary/aromatic N) is 1. The van der Waals surface area contributed by atoms with Crippen molar-refractivity contribution in [2.45, 2.75) is 58.0 Å². The molecule has 0 radical (unpaired) electrons. The Kier molecular flexibility index (Phi) is 7.13. The van der Waals surface area contributed by atoms with E-state index in [0.29, 0.717) is 11.8 Å². The van der Waals surface area contributed by atoms with E-state index < -0.39 is 0 Å². The number of carbonyl (C=O) groups excluding carboxylic acids is 2. The largest absolute Gasteiger partial charge is 0.352 e. The number of halogens is 1. The minimum atomic E-state index is -0.0893. The van der Waals surface area contributed by atoms with Crippen LogP contribution in [0.5, 0.6) is 0 Å². The molecule has 5 nitrogen and oxygen atoms in total. The molecule has 6 heteroatoms. The number of nitrogens with two attached hydrogens (primary N) is 1. The van der Waals surface area contributed by atoms with Gasteiger partial charge in [0.25, 0.3) is 0 Å². The fourth-order valence-corrected chi connectivity index (χ4v) is 3.96. The first-order valence-corrected chi connectivity index (χ1v) is 8.18. The van der Waals surface area contributed by atoms with Crippen LogP contribution < -0.4 is 11.1 Å². The van der Waals surface area contributed by atoms with Crippen molar-refractivity contribution in [1.82, 2.24) is 10.2 Å². The van der Waals surface area contributed by atoms with E-state index in [-0.39, 0.29) is 48.8 Å². The molecule has 22 heavy (non-hydrogen) atoms. The van der Waals surface area contributed by atoms with Crippen molar-refractivity contribution in [2.75, 3.05) is 13.6 Å². The van der Waals surface area contributed by atoms with Crippen LogP contribution in [0, 0.1) is 17.8 Å². The Morgan fingerprint density at radius 3 is 2.27 bits per heavy atom. The number of fused-ring (bicyclic) bond motifs is 2. The third kappa shape index (κ3) is 4.59. The third-order valence-electron chi connectivity index (χ3n) is 4.97. The van der Waals surface area contributed by atoms with Crippen LogP contribution in [-0.2, 0) is 9.59 Å². The summed E-state index contributed by atoms with van der Waals surface area (Å²) in [5, 5.41) is 2.83. The number of rotatable bonds is 4. The van der Waals surface area contributed by atoms with Gasteiger partial charge in [-0.15, -0.1) is 12.4 Å². The molecule has 2 aliphatic rings. The second-order valence-electron chi connectivity index (χ2n) is 7.11. The zero-order valence-electron chi connectivity index (χ0n) is 13.9. The molecule has 2 saturated carbocycles. The molecular weight excluding hydrogens is 302 g/mol. The van der Waals surface area contributed by atoms with Crippen molar-refractivity contribution in [2.24, 2.45) is 23.5 Å². The standard InChI is InChI=1S/C16H29N3O2.ClH/c1-10(2)18-14(20)9-19(3)16(21)13-7-11-5-4-6-12(8-13)15(11)17;/h10-13,15H,4-9,17H2,1-3H3,(H,18,20);1H. The molecule has 0 heterocycles. The van der Waals surface area contributed by atoms with E-state index in [0.717, 1.165) is 25.7 Å². The number of amides is 2. The normalized spacial score (nSPS) is 30.4. The van der Waals surface area contributed by atoms with Crippen molar-refractivity contribution in [3.8, 4) is 0 Å². The van der Waals surface area contributed by atoms with Gasteiger partial charge in [0.2, 0.25) is 11.8 Å². The van der Waals surface area contributed by atoms with Crippen molar-refractivity contribution in [1.29, 1.82) is 0 Å². The average Bonchev–Trinajstić information content (AvgIpc) is 2.36.